The van der Waals surface area contributed by atoms with Gasteiger partial charge >= 0.3 is 6.03 Å². The number of hydrogen-bond acceptors (Lipinski definition) is 4. The second-order valence-corrected chi connectivity index (χ2v) is 6.80. The van der Waals surface area contributed by atoms with Crippen LogP contribution >= 0.6 is 0 Å². The van der Waals surface area contributed by atoms with Gasteiger partial charge in [0.05, 0.1) is 12.1 Å². The van der Waals surface area contributed by atoms with Crippen molar-refractivity contribution < 1.29 is 9.90 Å². The first kappa shape index (κ1) is 16.5. The molecule has 0 unspecified atom stereocenters. The molecule has 0 atom stereocenters. The Kier molecular flexibility index (Phi) is 4.26. The normalized spacial score (nSPS) is 21.8. The number of urea groups is 1. The monoisotopic (exact) mass is 348 g/mol. The van der Waals surface area contributed by atoms with Gasteiger partial charge in [-0.25, -0.2) is 4.79 Å². The Hall–Kier alpha value is -2.99. The van der Waals surface area contributed by atoms with Gasteiger partial charge in [0.15, 0.2) is 5.82 Å². The van der Waals surface area contributed by atoms with E-state index in [-0.39, 0.29) is 24.1 Å². The number of anilines is 1. The second kappa shape index (κ2) is 6.72. The lowest BCUT2D eigenvalue weighted by Crippen LogP contribution is -2.55. The number of nitrogens with one attached hydrogen (secondary N) is 2. The zero-order valence-corrected chi connectivity index (χ0v) is 14.2. The highest BCUT2D eigenvalue weighted by molar-refractivity contribution is 5.90. The molecule has 4 rings (SSSR count). The maximum absolute atomic E-state index is 12.2. The highest BCUT2D eigenvalue weighted by Gasteiger charge is 2.45. The van der Waals surface area contributed by atoms with Gasteiger partial charge in [-0.15, -0.1) is 10.2 Å². The summed E-state index contributed by atoms with van der Waals surface area (Å²) >= 11 is 0. The van der Waals surface area contributed by atoms with E-state index in [0.29, 0.717) is 18.7 Å². The van der Waals surface area contributed by atoms with Crippen molar-refractivity contribution in [1.29, 1.82) is 0 Å². The molecule has 0 bridgehead atoms. The number of nitrogens with zero attached hydrogens (tertiary/aromatic N) is 2. The van der Waals surface area contributed by atoms with Crippen molar-refractivity contribution in [3.63, 3.8) is 0 Å². The number of aliphatic hydroxyl groups excluding tert-OH is 1. The Morgan fingerprint density at radius 2 is 1.81 bits per heavy atom. The van der Waals surface area contributed by atoms with Crippen LogP contribution in [0, 0.1) is 0 Å². The molecule has 0 radical (unpaired) electrons. The highest BCUT2D eigenvalue weighted by atomic mass is 16.3. The van der Waals surface area contributed by atoms with E-state index >= 15 is 0 Å². The molecule has 1 aliphatic carbocycles. The van der Waals surface area contributed by atoms with Crippen molar-refractivity contribution >= 4 is 22.8 Å². The number of hydrogen-bond donors (Lipinski definition) is 3. The standard InChI is InChI=1S/C20H20N4O2/c25-13-20(15-7-2-1-3-8-15)11-16(12-20)21-19(26)22-18-10-14-6-4-5-9-17(14)23-24-18/h1-10,16,25H,11-13H2,(H2,21,22,24,26). The van der Waals surface area contributed by atoms with E-state index in [1.807, 2.05) is 54.6 Å². The van der Waals surface area contributed by atoms with Crippen LogP contribution in [0.4, 0.5) is 10.6 Å². The van der Waals surface area contributed by atoms with E-state index in [2.05, 4.69) is 20.8 Å². The molecule has 3 N–H and O–H groups in total. The van der Waals surface area contributed by atoms with Gasteiger partial charge in [-0.05, 0) is 30.5 Å². The maximum Gasteiger partial charge on any atom is 0.320 e. The molecule has 1 aliphatic rings. The number of aromatic nitrogens is 2. The number of benzene rings is 2. The van der Waals surface area contributed by atoms with Crippen LogP contribution in [-0.2, 0) is 5.41 Å². The van der Waals surface area contributed by atoms with Crippen molar-refractivity contribution in [2.24, 2.45) is 0 Å². The van der Waals surface area contributed by atoms with Crippen molar-refractivity contribution in [2.75, 3.05) is 11.9 Å². The molecule has 2 aromatic carbocycles. The Morgan fingerprint density at radius 1 is 1.08 bits per heavy atom. The minimum absolute atomic E-state index is 0.0239. The third-order valence-corrected chi connectivity index (χ3v) is 5.03. The summed E-state index contributed by atoms with van der Waals surface area (Å²) in [7, 11) is 0. The van der Waals surface area contributed by atoms with Gasteiger partial charge in [0.1, 0.15) is 0 Å². The molecule has 3 aromatic rings. The summed E-state index contributed by atoms with van der Waals surface area (Å²) in [5.41, 5.74) is 1.64. The van der Waals surface area contributed by atoms with Crippen molar-refractivity contribution in [2.45, 2.75) is 24.3 Å². The third kappa shape index (κ3) is 3.11. The average Bonchev–Trinajstić information content (AvgIpc) is 2.65. The summed E-state index contributed by atoms with van der Waals surface area (Å²) < 4.78 is 0. The summed E-state index contributed by atoms with van der Waals surface area (Å²) in [5.74, 6) is 0.414. The predicted molar refractivity (Wildman–Crippen MR) is 99.9 cm³/mol. The molecular weight excluding hydrogens is 328 g/mol. The van der Waals surface area contributed by atoms with Crippen LogP contribution in [0.5, 0.6) is 0 Å². The number of carbonyl (C=O) groups excluding carboxylic acids is 1. The summed E-state index contributed by atoms with van der Waals surface area (Å²) in [6, 6.07) is 19.1. The first-order valence-corrected chi connectivity index (χ1v) is 8.65. The third-order valence-electron chi connectivity index (χ3n) is 5.03. The average molecular weight is 348 g/mol. The molecule has 26 heavy (non-hydrogen) atoms. The van der Waals surface area contributed by atoms with E-state index in [1.165, 1.54) is 0 Å². The molecule has 1 aromatic heterocycles. The van der Waals surface area contributed by atoms with Crippen LogP contribution < -0.4 is 10.6 Å². The van der Waals surface area contributed by atoms with Gasteiger partial charge in [-0.2, -0.15) is 0 Å². The second-order valence-electron chi connectivity index (χ2n) is 6.80. The van der Waals surface area contributed by atoms with Crippen molar-refractivity contribution in [3.8, 4) is 0 Å². The van der Waals surface area contributed by atoms with Gasteiger partial charge in [0, 0.05) is 16.8 Å². The molecule has 1 fully saturated rings. The molecule has 0 spiro atoms. The lowest BCUT2D eigenvalue weighted by molar-refractivity contribution is 0.0902. The molecule has 6 heteroatoms. The smallest absolute Gasteiger partial charge is 0.320 e. The van der Waals surface area contributed by atoms with Crippen LogP contribution in [0.25, 0.3) is 10.9 Å². The van der Waals surface area contributed by atoms with Crippen LogP contribution in [0.1, 0.15) is 18.4 Å². The van der Waals surface area contributed by atoms with Crippen LogP contribution in [0.15, 0.2) is 60.7 Å². The quantitative estimate of drug-likeness (QED) is 0.677. The van der Waals surface area contributed by atoms with Crippen LogP contribution in [0.3, 0.4) is 0 Å². The SMILES string of the molecule is O=C(Nc1cc2ccccc2nn1)NC1CC(CO)(c2ccccc2)C1. The Balaban J connectivity index is 1.37. The van der Waals surface area contributed by atoms with E-state index in [0.717, 1.165) is 16.5 Å². The van der Waals surface area contributed by atoms with Gasteiger partial charge in [0.2, 0.25) is 0 Å². The fourth-order valence-electron chi connectivity index (χ4n) is 3.62. The lowest BCUT2D eigenvalue weighted by Gasteiger charge is -2.47. The summed E-state index contributed by atoms with van der Waals surface area (Å²) in [5, 5.41) is 24.6. The molecule has 6 nitrogen and oxygen atoms in total. The fraction of sp³-hybridized carbons (Fsp3) is 0.250. The summed E-state index contributed by atoms with van der Waals surface area (Å²) in [6.07, 6.45) is 1.43. The zero-order valence-electron chi connectivity index (χ0n) is 14.2. The highest BCUT2D eigenvalue weighted by Crippen LogP contribution is 2.43. The van der Waals surface area contributed by atoms with Crippen molar-refractivity contribution in [1.82, 2.24) is 15.5 Å². The van der Waals surface area contributed by atoms with Gasteiger partial charge in [-0.3, -0.25) is 5.32 Å². The van der Waals surface area contributed by atoms with E-state index < -0.39 is 0 Å². The van der Waals surface area contributed by atoms with Crippen LogP contribution in [0.2, 0.25) is 0 Å². The molecular formula is C20H20N4O2. The Morgan fingerprint density at radius 3 is 2.58 bits per heavy atom. The summed E-state index contributed by atoms with van der Waals surface area (Å²) in [4.78, 5) is 12.2. The maximum atomic E-state index is 12.2. The predicted octanol–water partition coefficient (Wildman–Crippen LogP) is 2.84. The van der Waals surface area contributed by atoms with Crippen molar-refractivity contribution in [3.05, 3.63) is 66.2 Å². The van der Waals surface area contributed by atoms with E-state index in [9.17, 15) is 9.90 Å². The minimum atomic E-state index is -0.306. The first-order valence-electron chi connectivity index (χ1n) is 8.65. The molecule has 1 heterocycles. The molecule has 0 saturated heterocycles. The lowest BCUT2D eigenvalue weighted by atomic mass is 9.62. The molecule has 1 saturated carbocycles. The first-order chi connectivity index (χ1) is 12.7. The van der Waals surface area contributed by atoms with Crippen LogP contribution in [-0.4, -0.2) is 34.0 Å². The fourth-order valence-corrected chi connectivity index (χ4v) is 3.62. The minimum Gasteiger partial charge on any atom is -0.395 e. The van der Waals surface area contributed by atoms with E-state index in [1.54, 1.807) is 6.07 Å². The Bertz CT molecular complexity index is 923. The van der Waals surface area contributed by atoms with Gasteiger partial charge < -0.3 is 10.4 Å². The number of rotatable bonds is 4. The molecule has 132 valence electrons. The molecule has 0 aliphatic heterocycles. The zero-order chi connectivity index (χ0) is 18.0. The number of amides is 2. The number of carbonyl (C=O) groups is 1. The Labute approximate surface area is 151 Å². The number of aliphatic hydroxyl groups is 1. The van der Waals surface area contributed by atoms with Gasteiger partial charge in [-0.1, -0.05) is 48.5 Å². The molecule has 2 amide bonds. The summed E-state index contributed by atoms with van der Waals surface area (Å²) in [6.45, 7) is 0.0764. The number of fused-ring (bicyclic) bond motifs is 1. The van der Waals surface area contributed by atoms with E-state index in [4.69, 9.17) is 0 Å². The topological polar surface area (TPSA) is 87.1 Å². The largest absolute Gasteiger partial charge is 0.395 e. The van der Waals surface area contributed by atoms with Gasteiger partial charge in [0.25, 0.3) is 0 Å².